The van der Waals surface area contributed by atoms with Gasteiger partial charge in [0.15, 0.2) is 11.4 Å². The molecule has 0 atom stereocenters. The summed E-state index contributed by atoms with van der Waals surface area (Å²) in [5.41, 5.74) is -1.53. The molecule has 0 aliphatic carbocycles. The van der Waals surface area contributed by atoms with Gasteiger partial charge in [-0.2, -0.15) is 13.2 Å². The normalized spacial score (nSPS) is 16.6. The Labute approximate surface area is 274 Å². The molecule has 3 aromatic rings. The number of anilines is 2. The Hall–Kier alpha value is -3.90. The van der Waals surface area contributed by atoms with Crippen LogP contribution in [0.25, 0.3) is 5.69 Å². The number of hydrogen-bond acceptors (Lipinski definition) is 11. The fourth-order valence-electron chi connectivity index (χ4n) is 5.48. The molecule has 5 rings (SSSR count). The van der Waals surface area contributed by atoms with Crippen LogP contribution in [0.15, 0.2) is 18.3 Å². The second-order valence-electron chi connectivity index (χ2n) is 11.6. The lowest BCUT2D eigenvalue weighted by atomic mass is 10.1. The van der Waals surface area contributed by atoms with E-state index in [-0.39, 0.29) is 39.0 Å². The number of halogens is 4. The zero-order valence-corrected chi connectivity index (χ0v) is 26.8. The molecule has 18 heteroatoms. The van der Waals surface area contributed by atoms with Crippen LogP contribution in [0.3, 0.4) is 0 Å². The second kappa shape index (κ2) is 14.9. The molecular formula is C29H37ClF3N11O3. The van der Waals surface area contributed by atoms with Gasteiger partial charge in [-0.1, -0.05) is 16.8 Å². The predicted octanol–water partition coefficient (Wildman–Crippen LogP) is 1.62. The Morgan fingerprint density at radius 2 is 1.81 bits per heavy atom. The summed E-state index contributed by atoms with van der Waals surface area (Å²) >= 11 is 6.20. The van der Waals surface area contributed by atoms with Crippen molar-refractivity contribution in [1.82, 2.24) is 45.6 Å². The number of alkyl halides is 2. The van der Waals surface area contributed by atoms with Crippen molar-refractivity contribution in [3.8, 4) is 5.69 Å². The largest absolute Gasteiger partial charge is 0.383 e. The Morgan fingerprint density at radius 1 is 1.04 bits per heavy atom. The van der Waals surface area contributed by atoms with Gasteiger partial charge in [0.05, 0.1) is 33.8 Å². The first-order valence-corrected chi connectivity index (χ1v) is 15.7. The first-order valence-electron chi connectivity index (χ1n) is 15.3. The zero-order valence-electron chi connectivity index (χ0n) is 26.1. The topological polar surface area (TPSA) is 157 Å². The van der Waals surface area contributed by atoms with E-state index in [1.165, 1.54) is 13.0 Å². The van der Waals surface area contributed by atoms with Gasteiger partial charge in [0.1, 0.15) is 0 Å². The van der Waals surface area contributed by atoms with Crippen molar-refractivity contribution in [2.24, 2.45) is 0 Å². The molecule has 2 saturated heterocycles. The molecule has 0 saturated carbocycles. The maximum Gasteiger partial charge on any atom is 0.383 e. The molecule has 0 radical (unpaired) electrons. The first-order chi connectivity index (χ1) is 22.4. The Morgan fingerprint density at radius 3 is 2.55 bits per heavy atom. The molecule has 4 N–H and O–H groups in total. The number of likely N-dealkylation sites (N-methyl/N-ethyl adjacent to an activating group) is 1. The van der Waals surface area contributed by atoms with E-state index in [9.17, 15) is 27.9 Å². The van der Waals surface area contributed by atoms with Gasteiger partial charge in [-0.15, -0.1) is 15.3 Å². The summed E-state index contributed by atoms with van der Waals surface area (Å²) in [7, 11) is 1.94. The molecular weight excluding hydrogens is 643 g/mol. The highest BCUT2D eigenvalue weighted by Gasteiger charge is 2.35. The van der Waals surface area contributed by atoms with Gasteiger partial charge >= 0.3 is 6.11 Å². The molecule has 2 amide bonds. The summed E-state index contributed by atoms with van der Waals surface area (Å²) in [5.74, 6) is -2.36. The number of carbonyl (C=O) groups is 2. The molecule has 2 aromatic heterocycles. The highest BCUT2D eigenvalue weighted by atomic mass is 35.5. The zero-order chi connectivity index (χ0) is 33.7. The summed E-state index contributed by atoms with van der Waals surface area (Å²) < 4.78 is 44.5. The van der Waals surface area contributed by atoms with Gasteiger partial charge in [-0.05, 0) is 52.0 Å². The highest BCUT2D eigenvalue weighted by molar-refractivity contribution is 6.34. The van der Waals surface area contributed by atoms with Gasteiger partial charge in [-0.3, -0.25) is 9.59 Å². The molecule has 2 aliphatic heterocycles. The quantitative estimate of drug-likeness (QED) is 0.231. The van der Waals surface area contributed by atoms with Crippen molar-refractivity contribution in [1.29, 1.82) is 0 Å². The third kappa shape index (κ3) is 8.34. The highest BCUT2D eigenvalue weighted by Crippen LogP contribution is 2.39. The van der Waals surface area contributed by atoms with Gasteiger partial charge < -0.3 is 35.8 Å². The number of amides is 2. The summed E-state index contributed by atoms with van der Waals surface area (Å²) in [6.45, 7) is 8.47. The van der Waals surface area contributed by atoms with Crippen LogP contribution in [-0.2, 0) is 6.11 Å². The van der Waals surface area contributed by atoms with Gasteiger partial charge in [0, 0.05) is 57.9 Å². The number of hydrogen-bond donors (Lipinski definition) is 4. The molecule has 254 valence electrons. The van der Waals surface area contributed by atoms with E-state index < -0.39 is 29.4 Å². The van der Waals surface area contributed by atoms with E-state index in [1.807, 2.05) is 11.9 Å². The van der Waals surface area contributed by atoms with Crippen LogP contribution < -0.4 is 20.9 Å². The summed E-state index contributed by atoms with van der Waals surface area (Å²) in [4.78, 5) is 32.4. The van der Waals surface area contributed by atoms with Crippen molar-refractivity contribution in [3.63, 3.8) is 0 Å². The molecule has 0 bridgehead atoms. The van der Waals surface area contributed by atoms with Gasteiger partial charge in [-0.25, -0.2) is 4.68 Å². The number of rotatable bonds is 10. The van der Waals surface area contributed by atoms with Crippen LogP contribution in [0.4, 0.5) is 24.5 Å². The van der Waals surface area contributed by atoms with Gasteiger partial charge in [0.25, 0.3) is 11.8 Å². The monoisotopic (exact) mass is 679 g/mol. The van der Waals surface area contributed by atoms with Crippen molar-refractivity contribution < 1.29 is 27.9 Å². The van der Waals surface area contributed by atoms with Crippen LogP contribution in [0.2, 0.25) is 5.02 Å². The second-order valence-corrected chi connectivity index (χ2v) is 11.9. The van der Waals surface area contributed by atoms with Crippen LogP contribution >= 0.6 is 11.6 Å². The average molecular weight is 680 g/mol. The van der Waals surface area contributed by atoms with E-state index in [2.05, 4.69) is 46.3 Å². The van der Waals surface area contributed by atoms with Crippen molar-refractivity contribution in [2.75, 3.05) is 82.7 Å². The van der Waals surface area contributed by atoms with Crippen LogP contribution in [0, 0.1) is 12.9 Å². The molecule has 2 aliphatic rings. The van der Waals surface area contributed by atoms with Crippen LogP contribution in [-0.4, -0.2) is 124 Å². The lowest BCUT2D eigenvalue weighted by Crippen LogP contribution is -2.44. The predicted molar refractivity (Wildman–Crippen MR) is 168 cm³/mol. The maximum absolute atomic E-state index is 14.8. The Balaban J connectivity index is 1.45. The van der Waals surface area contributed by atoms with Gasteiger partial charge in [0.2, 0.25) is 5.95 Å². The number of carbonyl (C=O) groups excluding carboxylic acids is 2. The fourth-order valence-corrected chi connectivity index (χ4v) is 5.68. The Bertz CT molecular complexity index is 1600. The van der Waals surface area contributed by atoms with Crippen molar-refractivity contribution in [3.05, 3.63) is 51.8 Å². The molecule has 14 nitrogen and oxygen atoms in total. The van der Waals surface area contributed by atoms with E-state index in [0.29, 0.717) is 39.0 Å². The SMILES string of the molecule is Cc1c(F)nnc(C(=O)Nc2cc(-n3cc(C(=O)NCCCN4CCNCC4)nn3)c(C(O)(F)F)cc2N2CCCN(C)CC2)c1Cl. The number of benzene rings is 1. The molecule has 1 aromatic carbocycles. The third-order valence-corrected chi connectivity index (χ3v) is 8.63. The Kier molecular flexibility index (Phi) is 10.9. The summed E-state index contributed by atoms with van der Waals surface area (Å²) in [6.07, 6.45) is -1.77. The number of nitrogens with zero attached hydrogens (tertiary/aromatic N) is 8. The lowest BCUT2D eigenvalue weighted by Gasteiger charge is -2.28. The molecule has 0 spiro atoms. The number of nitrogens with one attached hydrogen (secondary N) is 3. The first kappa shape index (κ1) is 34.4. The molecule has 47 heavy (non-hydrogen) atoms. The van der Waals surface area contributed by atoms with E-state index >= 15 is 0 Å². The minimum Gasteiger partial charge on any atom is -0.369 e. The lowest BCUT2D eigenvalue weighted by molar-refractivity contribution is -0.208. The van der Waals surface area contributed by atoms with Crippen molar-refractivity contribution >= 4 is 34.8 Å². The minimum absolute atomic E-state index is 0.0526. The molecule has 4 heterocycles. The standard InChI is InChI=1S/C29H37ClF3N11O3/c1-18-24(30)25(38-39-26(18)31)28(46)36-20-16-22(19(29(32,33)47)15-23(20)43-10-4-8-41(2)13-14-43)44-17-21(37-40-44)27(45)35-5-3-9-42-11-6-34-7-12-42/h15-17,34,47H,3-14H2,1-2H3,(H,35,45)(H,36,46). The summed E-state index contributed by atoms with van der Waals surface area (Å²) in [6, 6.07) is 2.26. The fraction of sp³-hybridized carbons (Fsp3) is 0.517. The van der Waals surface area contributed by atoms with Crippen LogP contribution in [0.5, 0.6) is 0 Å². The number of aliphatic hydroxyl groups is 1. The smallest absolute Gasteiger partial charge is 0.369 e. The molecule has 2 fully saturated rings. The number of piperazine rings is 1. The summed E-state index contributed by atoms with van der Waals surface area (Å²) in [5, 5.41) is 33.1. The van der Waals surface area contributed by atoms with Crippen molar-refractivity contribution in [2.45, 2.75) is 25.9 Å². The van der Waals surface area contributed by atoms with E-state index in [1.54, 1.807) is 0 Å². The van der Waals surface area contributed by atoms with E-state index in [4.69, 9.17) is 11.6 Å². The third-order valence-electron chi connectivity index (χ3n) is 8.17. The van der Waals surface area contributed by atoms with Crippen LogP contribution in [0.1, 0.15) is 44.9 Å². The minimum atomic E-state index is -4.34. The maximum atomic E-state index is 14.8. The van der Waals surface area contributed by atoms with E-state index in [0.717, 1.165) is 56.2 Å². The average Bonchev–Trinajstić information content (AvgIpc) is 3.44. The number of aromatic nitrogens is 5. The molecule has 0 unspecified atom stereocenters.